The van der Waals surface area contributed by atoms with E-state index in [0.29, 0.717) is 10.8 Å². The molecule has 0 N–H and O–H groups in total. The van der Waals surface area contributed by atoms with Gasteiger partial charge >= 0.3 is 28.4 Å². The normalized spacial score (nSPS) is 32.5. The fraction of sp³-hybridized carbons (Fsp3) is 0.741. The van der Waals surface area contributed by atoms with Crippen molar-refractivity contribution in [1.82, 2.24) is 0 Å². The number of rotatable bonds is 0. The third-order valence-electron chi connectivity index (χ3n) is 7.67. The first-order valence-electron chi connectivity index (χ1n) is 11.6. The summed E-state index contributed by atoms with van der Waals surface area (Å²) in [5.41, 5.74) is 4.41. The van der Waals surface area contributed by atoms with E-state index in [-0.39, 0.29) is 24.8 Å². The van der Waals surface area contributed by atoms with Gasteiger partial charge in [0.25, 0.3) is 0 Å². The van der Waals surface area contributed by atoms with Gasteiger partial charge in [0.2, 0.25) is 0 Å². The molecular formula is C27H44Cl2Zr-2. The molecule has 0 aromatic rings. The molecule has 0 radical (unpaired) electrons. The summed E-state index contributed by atoms with van der Waals surface area (Å²) in [5, 5.41) is 0. The maximum absolute atomic E-state index is 3.34. The Balaban J connectivity index is 0.000000488. The summed E-state index contributed by atoms with van der Waals surface area (Å²) < 4.78 is 3.34. The summed E-state index contributed by atoms with van der Waals surface area (Å²) >= 11 is 1.30. The van der Waals surface area contributed by atoms with Gasteiger partial charge in [0.15, 0.2) is 0 Å². The Hall–Kier alpha value is 0.553. The third-order valence-corrected chi connectivity index (χ3v) is 7.67. The Bertz CT molecular complexity index is 525. The molecule has 2 fully saturated rings. The molecular weight excluding hydrogens is 486 g/mol. The Morgan fingerprint density at radius 3 is 1.43 bits per heavy atom. The SMILES string of the molecule is CC1[CH-]C2=CCCCC(C)(C)C2C1.CC1[CH-]C2=CCCCC(C)(C)C2C1.[CH2]=[Zr+2].[Cl-].[Cl-]. The van der Waals surface area contributed by atoms with Crippen molar-refractivity contribution in [1.29, 1.82) is 0 Å². The standard InChI is InChI=1S/2C13H21.CH2.2ClH.Zr/c2*1-10-8-11-6-4-5-7-13(2,3)12(11)9-10;;;;/h2*6,8,10,12H,4-5,7,9H2,1-3H3;1H2;2*1H;/q2*-1;;;;+2/p-2. The second-order valence-corrected chi connectivity index (χ2v) is 11.0. The Morgan fingerprint density at radius 1 is 0.767 bits per heavy atom. The van der Waals surface area contributed by atoms with Crippen LogP contribution in [0.2, 0.25) is 0 Å². The molecule has 4 aliphatic carbocycles. The number of fused-ring (bicyclic) bond motifs is 2. The average Bonchev–Trinajstić information content (AvgIpc) is 3.14. The molecule has 0 aromatic heterocycles. The number of halogens is 2. The molecule has 0 nitrogen and oxygen atoms in total. The van der Waals surface area contributed by atoms with Crippen LogP contribution in [0, 0.1) is 47.3 Å². The maximum atomic E-state index is 3.34. The Kier molecular flexibility index (Phi) is 13.6. The fourth-order valence-corrected chi connectivity index (χ4v) is 6.00. The van der Waals surface area contributed by atoms with Gasteiger partial charge in [0, 0.05) is 0 Å². The van der Waals surface area contributed by atoms with Crippen molar-refractivity contribution in [3.63, 3.8) is 0 Å². The monoisotopic (exact) mass is 528 g/mol. The van der Waals surface area contributed by atoms with Crippen LogP contribution >= 0.6 is 0 Å². The van der Waals surface area contributed by atoms with Gasteiger partial charge in [-0.15, -0.1) is 12.8 Å². The van der Waals surface area contributed by atoms with Gasteiger partial charge in [0.05, 0.1) is 0 Å². The zero-order valence-corrected chi connectivity index (χ0v) is 24.2. The van der Waals surface area contributed by atoms with Crippen molar-refractivity contribution in [2.75, 3.05) is 0 Å². The molecule has 0 amide bonds. The van der Waals surface area contributed by atoms with Gasteiger partial charge in [-0.05, 0) is 35.5 Å². The van der Waals surface area contributed by atoms with E-state index in [2.05, 4.69) is 70.7 Å². The largest absolute Gasteiger partial charge is 1.00 e. The van der Waals surface area contributed by atoms with Gasteiger partial charge < -0.3 is 24.8 Å². The average molecular weight is 531 g/mol. The number of allylic oxidation sites excluding steroid dienone is 4. The van der Waals surface area contributed by atoms with E-state index in [4.69, 9.17) is 0 Å². The van der Waals surface area contributed by atoms with Crippen molar-refractivity contribution >= 4 is 4.21 Å². The first-order valence-corrected chi connectivity index (χ1v) is 13.4. The summed E-state index contributed by atoms with van der Waals surface area (Å²) in [7, 11) is 0. The summed E-state index contributed by atoms with van der Waals surface area (Å²) in [6.07, 6.45) is 20.9. The second-order valence-electron chi connectivity index (χ2n) is 11.0. The van der Waals surface area contributed by atoms with Crippen molar-refractivity contribution in [3.8, 4) is 0 Å². The molecule has 4 rings (SSSR count). The maximum Gasteiger partial charge on any atom is -1.00 e. The number of hydrogen-bond donors (Lipinski definition) is 0. The zero-order chi connectivity index (χ0) is 20.9. The zero-order valence-electron chi connectivity index (χ0n) is 20.2. The first kappa shape index (κ1) is 30.6. The predicted molar refractivity (Wildman–Crippen MR) is 122 cm³/mol. The van der Waals surface area contributed by atoms with Crippen LogP contribution in [0.1, 0.15) is 92.9 Å². The molecule has 0 saturated heterocycles. The van der Waals surface area contributed by atoms with E-state index < -0.39 is 0 Å². The molecule has 4 unspecified atom stereocenters. The predicted octanol–water partition coefficient (Wildman–Crippen LogP) is 1.94. The molecule has 0 spiro atoms. The second kappa shape index (κ2) is 13.3. The smallest absolute Gasteiger partial charge is 1.00 e. The van der Waals surface area contributed by atoms with Crippen LogP contribution in [-0.2, 0) is 24.2 Å². The summed E-state index contributed by atoms with van der Waals surface area (Å²) in [6, 6.07) is 0. The van der Waals surface area contributed by atoms with Crippen LogP contribution in [0.3, 0.4) is 0 Å². The van der Waals surface area contributed by atoms with Gasteiger partial charge in [-0.1, -0.05) is 79.1 Å². The van der Waals surface area contributed by atoms with Gasteiger partial charge in [-0.2, -0.15) is 0 Å². The van der Waals surface area contributed by atoms with Gasteiger partial charge in [-0.3, -0.25) is 0 Å². The van der Waals surface area contributed by atoms with Crippen LogP contribution in [0.4, 0.5) is 0 Å². The van der Waals surface area contributed by atoms with E-state index in [9.17, 15) is 0 Å². The summed E-state index contributed by atoms with van der Waals surface area (Å²) in [5.74, 6) is 3.33. The Labute approximate surface area is 215 Å². The number of hydrogen-bond acceptors (Lipinski definition) is 0. The first-order chi connectivity index (χ1) is 13.2. The molecule has 4 aliphatic rings. The third kappa shape index (κ3) is 7.85. The van der Waals surface area contributed by atoms with Crippen LogP contribution in [0.25, 0.3) is 0 Å². The van der Waals surface area contributed by atoms with E-state index in [1.165, 1.54) is 75.6 Å². The fourth-order valence-electron chi connectivity index (χ4n) is 6.00. The molecule has 172 valence electrons. The molecule has 0 bridgehead atoms. The molecule has 0 heterocycles. The van der Waals surface area contributed by atoms with E-state index in [1.807, 2.05) is 0 Å². The molecule has 4 atom stereocenters. The topological polar surface area (TPSA) is 0 Å². The minimum atomic E-state index is 0. The van der Waals surface area contributed by atoms with Crippen LogP contribution in [-0.4, -0.2) is 4.21 Å². The van der Waals surface area contributed by atoms with E-state index >= 15 is 0 Å². The van der Waals surface area contributed by atoms with Crippen molar-refractivity contribution in [3.05, 3.63) is 36.1 Å². The molecule has 0 aromatic carbocycles. The van der Waals surface area contributed by atoms with Crippen molar-refractivity contribution in [2.24, 2.45) is 34.5 Å². The Morgan fingerprint density at radius 2 is 1.10 bits per heavy atom. The van der Waals surface area contributed by atoms with Crippen LogP contribution < -0.4 is 24.8 Å². The molecule has 0 aliphatic heterocycles. The van der Waals surface area contributed by atoms with Crippen LogP contribution in [0.5, 0.6) is 0 Å². The summed E-state index contributed by atoms with van der Waals surface area (Å²) in [6.45, 7) is 14.5. The van der Waals surface area contributed by atoms with Gasteiger partial charge in [0.1, 0.15) is 0 Å². The van der Waals surface area contributed by atoms with E-state index in [0.717, 1.165) is 23.7 Å². The molecule has 3 heteroatoms. The minimum Gasteiger partial charge on any atom is -1.00 e. The minimum absolute atomic E-state index is 0. The molecule has 2 saturated carbocycles. The molecule has 30 heavy (non-hydrogen) atoms. The van der Waals surface area contributed by atoms with Gasteiger partial charge in [-0.25, -0.2) is 36.1 Å². The van der Waals surface area contributed by atoms with Crippen LogP contribution in [0.15, 0.2) is 23.3 Å². The van der Waals surface area contributed by atoms with Crippen molar-refractivity contribution < 1.29 is 49.0 Å². The quantitative estimate of drug-likeness (QED) is 0.420. The van der Waals surface area contributed by atoms with Crippen molar-refractivity contribution in [2.45, 2.75) is 92.9 Å². The van der Waals surface area contributed by atoms with E-state index in [1.54, 1.807) is 11.1 Å². The summed E-state index contributed by atoms with van der Waals surface area (Å²) in [4.78, 5) is 0.